The van der Waals surface area contributed by atoms with Crippen molar-refractivity contribution in [2.75, 3.05) is 0 Å². The van der Waals surface area contributed by atoms with Crippen LogP contribution in [0.3, 0.4) is 0 Å². The lowest BCUT2D eigenvalue weighted by Crippen LogP contribution is -1.87. The Hall–Kier alpha value is -5.74. The van der Waals surface area contributed by atoms with E-state index in [9.17, 15) is 0 Å². The van der Waals surface area contributed by atoms with Crippen LogP contribution in [-0.4, -0.2) is 0 Å². The minimum absolute atomic E-state index is 0.933. The molecule has 0 aromatic heterocycles. The highest BCUT2D eigenvalue weighted by atomic mass is 14.1. The molecule has 7 aromatic carbocycles. The fourth-order valence-corrected chi connectivity index (χ4v) is 5.14. The summed E-state index contributed by atoms with van der Waals surface area (Å²) in [6.45, 7) is 0. The van der Waals surface area contributed by atoms with Gasteiger partial charge in [0.15, 0.2) is 0 Å². The van der Waals surface area contributed by atoms with Crippen molar-refractivity contribution in [3.63, 3.8) is 0 Å². The minimum atomic E-state index is 0.933. The van der Waals surface area contributed by atoms with E-state index in [1.807, 2.05) is 72.8 Å². The van der Waals surface area contributed by atoms with Crippen LogP contribution in [0.5, 0.6) is 0 Å². The lowest BCUT2D eigenvalue weighted by molar-refractivity contribution is 1.57. The van der Waals surface area contributed by atoms with Crippen molar-refractivity contribution in [2.24, 2.45) is 0 Å². The Bertz CT molecular complexity index is 2200. The third-order valence-electron chi connectivity index (χ3n) is 7.07. The molecule has 0 atom stereocenters. The molecule has 0 unspecified atom stereocenters. The molecule has 0 spiro atoms. The summed E-state index contributed by atoms with van der Waals surface area (Å²) in [7, 11) is 0. The summed E-state index contributed by atoms with van der Waals surface area (Å²) in [5, 5.41) is 7.57. The van der Waals surface area contributed by atoms with Crippen molar-refractivity contribution in [2.45, 2.75) is 0 Å². The third-order valence-corrected chi connectivity index (χ3v) is 7.07. The van der Waals surface area contributed by atoms with Gasteiger partial charge in [-0.3, -0.25) is 0 Å². The second-order valence-electron chi connectivity index (χ2n) is 9.75. The van der Waals surface area contributed by atoms with Gasteiger partial charge in [-0.25, -0.2) is 0 Å². The first-order valence-corrected chi connectivity index (χ1v) is 13.3. The standard InChI is InChI=1S/C40H22/c1-2-7-29(8-3-1)15-16-30-9-4-10-31(27-30)17-18-32-11-5-12-33(28-32)19-20-34-21-22-37-24-23-35-13-6-14-36-25-26-38(34)40(37)39(35)36/h1-14,21-28H. The first-order chi connectivity index (χ1) is 19.8. The van der Waals surface area contributed by atoms with Crippen molar-refractivity contribution in [3.05, 3.63) is 167 Å². The second kappa shape index (κ2) is 10.2. The quantitative estimate of drug-likeness (QED) is 0.144. The lowest BCUT2D eigenvalue weighted by atomic mass is 9.92. The van der Waals surface area contributed by atoms with Crippen LogP contribution >= 0.6 is 0 Å². The summed E-state index contributed by atoms with van der Waals surface area (Å²) in [6, 6.07) is 45.8. The van der Waals surface area contributed by atoms with Crippen molar-refractivity contribution < 1.29 is 0 Å². The van der Waals surface area contributed by atoms with E-state index in [0.717, 1.165) is 33.4 Å². The molecule has 0 radical (unpaired) electrons. The van der Waals surface area contributed by atoms with Gasteiger partial charge in [-0.15, -0.1) is 0 Å². The van der Waals surface area contributed by atoms with E-state index in [4.69, 9.17) is 0 Å². The largest absolute Gasteiger partial charge is 0.0622 e. The zero-order valence-electron chi connectivity index (χ0n) is 21.7. The summed E-state index contributed by atoms with van der Waals surface area (Å²) < 4.78 is 0. The maximum absolute atomic E-state index is 3.44. The highest BCUT2D eigenvalue weighted by molar-refractivity contribution is 6.23. The minimum Gasteiger partial charge on any atom is -0.0622 e. The van der Waals surface area contributed by atoms with E-state index in [1.165, 1.54) is 32.3 Å². The fraction of sp³-hybridized carbons (Fsp3) is 0. The van der Waals surface area contributed by atoms with Gasteiger partial charge in [0.2, 0.25) is 0 Å². The Kier molecular flexibility index (Phi) is 5.96. The Labute approximate surface area is 234 Å². The molecule has 0 saturated heterocycles. The average molecular weight is 503 g/mol. The molecule has 0 aliphatic heterocycles. The molecule has 7 aromatic rings. The van der Waals surface area contributed by atoms with E-state index < -0.39 is 0 Å². The molecule has 0 nitrogen and oxygen atoms in total. The van der Waals surface area contributed by atoms with Crippen molar-refractivity contribution in [1.82, 2.24) is 0 Å². The van der Waals surface area contributed by atoms with Gasteiger partial charge in [-0.2, -0.15) is 0 Å². The fourth-order valence-electron chi connectivity index (χ4n) is 5.14. The monoisotopic (exact) mass is 502 g/mol. The van der Waals surface area contributed by atoms with Gasteiger partial charge in [0.25, 0.3) is 0 Å². The van der Waals surface area contributed by atoms with Gasteiger partial charge in [0.1, 0.15) is 0 Å². The van der Waals surface area contributed by atoms with E-state index in [1.54, 1.807) is 0 Å². The lowest BCUT2D eigenvalue weighted by Gasteiger charge is -2.11. The Morgan fingerprint density at radius 2 is 0.750 bits per heavy atom. The van der Waals surface area contributed by atoms with Crippen LogP contribution in [0, 0.1) is 35.5 Å². The zero-order valence-corrected chi connectivity index (χ0v) is 21.7. The van der Waals surface area contributed by atoms with Crippen molar-refractivity contribution in [1.29, 1.82) is 0 Å². The highest BCUT2D eigenvalue weighted by Crippen LogP contribution is 2.35. The van der Waals surface area contributed by atoms with Crippen LogP contribution in [0.4, 0.5) is 0 Å². The predicted molar refractivity (Wildman–Crippen MR) is 167 cm³/mol. The predicted octanol–water partition coefficient (Wildman–Crippen LogP) is 8.78. The molecular weight excluding hydrogens is 480 g/mol. The molecule has 0 fully saturated rings. The molecule has 0 aliphatic rings. The Morgan fingerprint density at radius 1 is 0.300 bits per heavy atom. The summed E-state index contributed by atoms with van der Waals surface area (Å²) in [5.74, 6) is 19.8. The van der Waals surface area contributed by atoms with Crippen molar-refractivity contribution >= 4 is 32.3 Å². The van der Waals surface area contributed by atoms with Gasteiger partial charge in [-0.1, -0.05) is 114 Å². The molecule has 0 bridgehead atoms. The van der Waals surface area contributed by atoms with Crippen LogP contribution < -0.4 is 0 Å². The van der Waals surface area contributed by atoms with Crippen molar-refractivity contribution in [3.8, 4) is 35.5 Å². The number of rotatable bonds is 0. The first kappa shape index (κ1) is 23.4. The second-order valence-corrected chi connectivity index (χ2v) is 9.75. The summed E-state index contributed by atoms with van der Waals surface area (Å²) in [5.41, 5.74) is 5.80. The molecule has 0 heterocycles. The van der Waals surface area contributed by atoms with Crippen LogP contribution in [0.2, 0.25) is 0 Å². The van der Waals surface area contributed by atoms with E-state index in [0.29, 0.717) is 0 Å². The molecule has 0 N–H and O–H groups in total. The number of benzene rings is 7. The highest BCUT2D eigenvalue weighted by Gasteiger charge is 2.09. The molecular formula is C40H22. The smallest absolute Gasteiger partial charge is 0.0328 e. The van der Waals surface area contributed by atoms with Gasteiger partial charge in [-0.05, 0) is 86.9 Å². The summed E-state index contributed by atoms with van der Waals surface area (Å²) in [6.07, 6.45) is 0. The average Bonchev–Trinajstić information content (AvgIpc) is 3.02. The maximum Gasteiger partial charge on any atom is 0.0328 e. The normalized spacial score (nSPS) is 10.4. The van der Waals surface area contributed by atoms with Crippen LogP contribution in [0.25, 0.3) is 32.3 Å². The maximum atomic E-state index is 3.44. The number of hydrogen-bond acceptors (Lipinski definition) is 0. The molecule has 182 valence electrons. The van der Waals surface area contributed by atoms with Crippen LogP contribution in [0.1, 0.15) is 33.4 Å². The molecule has 0 heteroatoms. The van der Waals surface area contributed by atoms with E-state index in [2.05, 4.69) is 96.2 Å². The summed E-state index contributed by atoms with van der Waals surface area (Å²) >= 11 is 0. The zero-order chi connectivity index (χ0) is 26.7. The topological polar surface area (TPSA) is 0 Å². The van der Waals surface area contributed by atoms with Gasteiger partial charge >= 0.3 is 0 Å². The molecule has 7 rings (SSSR count). The Morgan fingerprint density at radius 3 is 1.38 bits per heavy atom. The van der Waals surface area contributed by atoms with Crippen LogP contribution in [0.15, 0.2) is 133 Å². The van der Waals surface area contributed by atoms with E-state index >= 15 is 0 Å². The Balaban J connectivity index is 1.18. The van der Waals surface area contributed by atoms with E-state index in [-0.39, 0.29) is 0 Å². The SMILES string of the molecule is C(#Cc1cccc(C#Cc2cccc(C#Cc3ccc4ccc5cccc6ccc3c4c56)c2)c1)c1ccccc1. The molecule has 40 heavy (non-hydrogen) atoms. The summed E-state index contributed by atoms with van der Waals surface area (Å²) in [4.78, 5) is 0. The molecule has 0 amide bonds. The molecule has 0 saturated carbocycles. The number of hydrogen-bond donors (Lipinski definition) is 0. The first-order valence-electron chi connectivity index (χ1n) is 13.3. The third kappa shape index (κ3) is 4.66. The van der Waals surface area contributed by atoms with Gasteiger partial charge in [0, 0.05) is 33.4 Å². The molecule has 0 aliphatic carbocycles. The van der Waals surface area contributed by atoms with Crippen LogP contribution in [-0.2, 0) is 0 Å². The van der Waals surface area contributed by atoms with Gasteiger partial charge in [0.05, 0.1) is 0 Å². The van der Waals surface area contributed by atoms with Gasteiger partial charge < -0.3 is 0 Å².